The largest absolute Gasteiger partial charge is 0.356 e. The first kappa shape index (κ1) is 29.1. The van der Waals surface area contributed by atoms with Gasteiger partial charge in [0, 0.05) is 53.7 Å². The predicted molar refractivity (Wildman–Crippen MR) is 169 cm³/mol. The van der Waals surface area contributed by atoms with Crippen LogP contribution in [0.4, 0.5) is 5.69 Å². The molecule has 4 aromatic rings. The van der Waals surface area contributed by atoms with E-state index < -0.39 is 16.1 Å². The number of carbonyl (C=O) groups is 1. The molecule has 2 aliphatic rings. The van der Waals surface area contributed by atoms with Crippen molar-refractivity contribution < 1.29 is 13.2 Å². The SMILES string of the molecule is CC(C)CNS(=O)(=O)c1cc2c(c3cnc(C4CC4)cc13)[C@@H](NC(=S)Nc1cccnc1)C[C@@H]2NC(=O)c1cccnc1. The number of hydrogen-bond acceptors (Lipinski definition) is 7. The summed E-state index contributed by atoms with van der Waals surface area (Å²) < 4.78 is 30.3. The van der Waals surface area contributed by atoms with E-state index in [1.165, 1.54) is 6.20 Å². The van der Waals surface area contributed by atoms with Crippen molar-refractivity contribution in [2.45, 2.75) is 56.0 Å². The van der Waals surface area contributed by atoms with Gasteiger partial charge < -0.3 is 16.0 Å². The van der Waals surface area contributed by atoms with Gasteiger partial charge in [0.1, 0.15) is 0 Å². The highest BCUT2D eigenvalue weighted by Gasteiger charge is 2.37. The Morgan fingerprint density at radius 3 is 2.44 bits per heavy atom. The third-order valence-electron chi connectivity index (χ3n) is 7.69. The molecule has 3 heterocycles. The Balaban J connectivity index is 1.45. The van der Waals surface area contributed by atoms with Gasteiger partial charge in [-0.3, -0.25) is 19.7 Å². The molecule has 2 atom stereocenters. The molecule has 1 fully saturated rings. The van der Waals surface area contributed by atoms with Crippen molar-refractivity contribution >= 4 is 49.7 Å². The quantitative estimate of drug-likeness (QED) is 0.197. The molecule has 4 N–H and O–H groups in total. The van der Waals surface area contributed by atoms with Crippen molar-refractivity contribution in [2.75, 3.05) is 11.9 Å². The first-order valence-electron chi connectivity index (χ1n) is 14.3. The average Bonchev–Trinajstić information content (AvgIpc) is 3.80. The fourth-order valence-electron chi connectivity index (χ4n) is 5.45. The van der Waals surface area contributed by atoms with Gasteiger partial charge in [-0.1, -0.05) is 13.8 Å². The predicted octanol–water partition coefficient (Wildman–Crippen LogP) is 4.74. The maximum absolute atomic E-state index is 13.8. The number of hydrogen-bond donors (Lipinski definition) is 4. The molecule has 222 valence electrons. The summed E-state index contributed by atoms with van der Waals surface area (Å²) in [4.78, 5) is 26.4. The Hall–Kier alpha value is -4.00. The lowest BCUT2D eigenvalue weighted by atomic mass is 9.98. The number of benzene rings is 1. The molecule has 0 aliphatic heterocycles. The fourth-order valence-corrected chi connectivity index (χ4v) is 7.16. The van der Waals surface area contributed by atoms with E-state index in [0.717, 1.165) is 29.8 Å². The minimum Gasteiger partial charge on any atom is -0.356 e. The molecule has 1 saturated carbocycles. The molecule has 43 heavy (non-hydrogen) atoms. The lowest BCUT2D eigenvalue weighted by molar-refractivity contribution is 0.0935. The number of carbonyl (C=O) groups excluding carboxylic acids is 1. The lowest BCUT2D eigenvalue weighted by Crippen LogP contribution is -2.32. The molecule has 0 unspecified atom stereocenters. The second-order valence-corrected chi connectivity index (χ2v) is 13.6. The summed E-state index contributed by atoms with van der Waals surface area (Å²) in [6.07, 6.45) is 10.8. The van der Waals surface area contributed by atoms with Crippen molar-refractivity contribution in [3.05, 3.63) is 89.8 Å². The summed E-state index contributed by atoms with van der Waals surface area (Å²) in [5, 5.41) is 11.4. The second-order valence-electron chi connectivity index (χ2n) is 11.4. The number of aromatic nitrogens is 3. The Labute approximate surface area is 256 Å². The van der Waals surface area contributed by atoms with Crippen molar-refractivity contribution in [1.29, 1.82) is 0 Å². The van der Waals surface area contributed by atoms with Crippen LogP contribution in [0.1, 0.15) is 78.3 Å². The standard InChI is InChI=1S/C31H33N7O3S2/c1-18(2)14-35-43(40,41)28-12-23-26(37-30(39)20-5-3-9-32-15-20)13-27(38-31(42)36-21-6-4-10-33-16-21)29(23)24-17-34-25(11-22(24)28)19-7-8-19/h3-6,9-12,15-19,26-27,35H,7-8,13-14H2,1-2H3,(H,37,39)(H2,36,38,42)/t26-,27-/m0/s1. The number of nitrogens with zero attached hydrogens (tertiary/aromatic N) is 3. The summed E-state index contributed by atoms with van der Waals surface area (Å²) in [6.45, 7) is 4.23. The smallest absolute Gasteiger partial charge is 0.253 e. The van der Waals surface area contributed by atoms with E-state index in [0.29, 0.717) is 45.9 Å². The summed E-state index contributed by atoms with van der Waals surface area (Å²) >= 11 is 5.67. The number of nitrogens with one attached hydrogen (secondary N) is 4. The van der Waals surface area contributed by atoms with Crippen LogP contribution < -0.4 is 20.7 Å². The molecule has 0 bridgehead atoms. The Morgan fingerprint density at radius 2 is 1.77 bits per heavy atom. The molecule has 0 saturated heterocycles. The maximum Gasteiger partial charge on any atom is 0.253 e. The third-order valence-corrected chi connectivity index (χ3v) is 9.38. The van der Waals surface area contributed by atoms with Gasteiger partial charge in [0.25, 0.3) is 5.91 Å². The molecular formula is C31H33N7O3S2. The maximum atomic E-state index is 13.8. The zero-order valence-electron chi connectivity index (χ0n) is 23.9. The summed E-state index contributed by atoms with van der Waals surface area (Å²) in [6, 6.07) is 9.87. The molecule has 0 spiro atoms. The number of sulfonamides is 1. The van der Waals surface area contributed by atoms with Crippen LogP contribution in [0, 0.1) is 5.92 Å². The normalized spacial score (nSPS) is 17.9. The van der Waals surface area contributed by atoms with E-state index in [4.69, 9.17) is 17.2 Å². The zero-order valence-corrected chi connectivity index (χ0v) is 25.5. The van der Waals surface area contributed by atoms with Gasteiger partial charge in [-0.15, -0.1) is 0 Å². The topological polar surface area (TPSA) is 138 Å². The number of pyridine rings is 3. The highest BCUT2D eigenvalue weighted by molar-refractivity contribution is 7.89. The molecule has 12 heteroatoms. The molecule has 2 aliphatic carbocycles. The molecule has 10 nitrogen and oxygen atoms in total. The minimum atomic E-state index is -3.88. The minimum absolute atomic E-state index is 0.132. The monoisotopic (exact) mass is 615 g/mol. The van der Waals surface area contributed by atoms with Crippen LogP contribution >= 0.6 is 12.2 Å². The Bertz CT molecular complexity index is 1780. The highest BCUT2D eigenvalue weighted by Crippen LogP contribution is 2.47. The van der Waals surface area contributed by atoms with Crippen molar-refractivity contribution in [3.63, 3.8) is 0 Å². The molecule has 1 aromatic carbocycles. The van der Waals surface area contributed by atoms with Gasteiger partial charge in [0.2, 0.25) is 10.0 Å². The summed E-state index contributed by atoms with van der Waals surface area (Å²) in [5.41, 5.74) is 3.61. The number of anilines is 1. The van der Waals surface area contributed by atoms with E-state index >= 15 is 0 Å². The van der Waals surface area contributed by atoms with Crippen LogP contribution in [0.25, 0.3) is 10.8 Å². The van der Waals surface area contributed by atoms with Gasteiger partial charge in [0.15, 0.2) is 5.11 Å². The van der Waals surface area contributed by atoms with E-state index in [1.54, 1.807) is 43.0 Å². The second kappa shape index (κ2) is 11.9. The Kier molecular flexibility index (Phi) is 8.08. The first-order chi connectivity index (χ1) is 20.7. The molecule has 1 amide bonds. The van der Waals surface area contributed by atoms with Crippen LogP contribution in [0.5, 0.6) is 0 Å². The van der Waals surface area contributed by atoms with E-state index in [-0.39, 0.29) is 22.8 Å². The lowest BCUT2D eigenvalue weighted by Gasteiger charge is -2.20. The molecule has 3 aromatic heterocycles. The first-order valence-corrected chi connectivity index (χ1v) is 16.2. The molecule has 0 radical (unpaired) electrons. The van der Waals surface area contributed by atoms with Gasteiger partial charge in [0.05, 0.1) is 34.4 Å². The molecule has 6 rings (SSSR count). The number of thiocarbonyl (C=S) groups is 1. The van der Waals surface area contributed by atoms with Crippen LogP contribution in [0.2, 0.25) is 0 Å². The average molecular weight is 616 g/mol. The van der Waals surface area contributed by atoms with Crippen LogP contribution in [-0.2, 0) is 10.0 Å². The van der Waals surface area contributed by atoms with E-state index in [2.05, 4.69) is 30.6 Å². The fraction of sp³-hybridized carbons (Fsp3) is 0.323. The van der Waals surface area contributed by atoms with E-state index in [9.17, 15) is 13.2 Å². The summed E-state index contributed by atoms with van der Waals surface area (Å²) in [5.74, 6) is 0.173. The number of rotatable bonds is 9. The Morgan fingerprint density at radius 1 is 1.00 bits per heavy atom. The third kappa shape index (κ3) is 6.36. The number of amides is 1. The number of fused-ring (bicyclic) bond motifs is 3. The van der Waals surface area contributed by atoms with Crippen molar-refractivity contribution in [3.8, 4) is 0 Å². The van der Waals surface area contributed by atoms with Gasteiger partial charge >= 0.3 is 0 Å². The van der Waals surface area contributed by atoms with Crippen molar-refractivity contribution in [1.82, 2.24) is 30.3 Å². The van der Waals surface area contributed by atoms with Crippen LogP contribution in [0.15, 0.2) is 72.3 Å². The zero-order chi connectivity index (χ0) is 30.1. The van der Waals surface area contributed by atoms with Crippen LogP contribution in [0.3, 0.4) is 0 Å². The van der Waals surface area contributed by atoms with Gasteiger partial charge in [-0.05, 0) is 84.9 Å². The summed E-state index contributed by atoms with van der Waals surface area (Å²) in [7, 11) is -3.88. The molecular weight excluding hydrogens is 583 g/mol. The van der Waals surface area contributed by atoms with Gasteiger partial charge in [-0.2, -0.15) is 0 Å². The van der Waals surface area contributed by atoms with Crippen molar-refractivity contribution in [2.24, 2.45) is 5.92 Å². The van der Waals surface area contributed by atoms with Crippen LogP contribution in [-0.4, -0.2) is 40.9 Å². The van der Waals surface area contributed by atoms with Gasteiger partial charge in [-0.25, -0.2) is 13.1 Å². The highest BCUT2D eigenvalue weighted by atomic mass is 32.2. The van der Waals surface area contributed by atoms with E-state index in [1.807, 2.05) is 32.0 Å².